The maximum Gasteiger partial charge on any atom is 0.220 e. The molecule has 0 saturated carbocycles. The fourth-order valence-corrected chi connectivity index (χ4v) is 3.57. The number of carbonyl (C=O) groups is 1. The highest BCUT2D eigenvalue weighted by Crippen LogP contribution is 2.24. The van der Waals surface area contributed by atoms with Crippen molar-refractivity contribution in [3.8, 4) is 5.75 Å². The van der Waals surface area contributed by atoms with Crippen molar-refractivity contribution < 1.29 is 9.53 Å². The van der Waals surface area contributed by atoms with Crippen LogP contribution in [0.25, 0.3) is 0 Å². The van der Waals surface area contributed by atoms with Gasteiger partial charge < -0.3 is 10.1 Å². The number of likely N-dealkylation sites (tertiary alicyclic amines) is 1. The van der Waals surface area contributed by atoms with Crippen LogP contribution in [0.4, 0.5) is 0 Å². The molecule has 4 nitrogen and oxygen atoms in total. The molecule has 0 spiro atoms. The van der Waals surface area contributed by atoms with E-state index in [2.05, 4.69) is 34.5 Å². The lowest BCUT2D eigenvalue weighted by Gasteiger charge is -2.28. The van der Waals surface area contributed by atoms with Crippen LogP contribution in [0.3, 0.4) is 0 Å². The van der Waals surface area contributed by atoms with E-state index in [1.807, 2.05) is 30.3 Å². The third-order valence-corrected chi connectivity index (χ3v) is 5.03. The van der Waals surface area contributed by atoms with Gasteiger partial charge in [-0.25, -0.2) is 0 Å². The summed E-state index contributed by atoms with van der Waals surface area (Å²) in [7, 11) is 1.66. The molecular weight excluding hydrogens is 324 g/mol. The van der Waals surface area contributed by atoms with Crippen molar-refractivity contribution in [3.05, 3.63) is 65.7 Å². The smallest absolute Gasteiger partial charge is 0.220 e. The minimum Gasteiger partial charge on any atom is -0.497 e. The number of nitrogens with one attached hydrogen (secondary N) is 1. The van der Waals surface area contributed by atoms with Crippen molar-refractivity contribution >= 4 is 5.91 Å². The van der Waals surface area contributed by atoms with E-state index in [1.165, 1.54) is 18.4 Å². The van der Waals surface area contributed by atoms with Crippen LogP contribution in [0.5, 0.6) is 5.75 Å². The number of rotatable bonds is 8. The zero-order valence-electron chi connectivity index (χ0n) is 15.5. The average molecular weight is 352 g/mol. The van der Waals surface area contributed by atoms with Crippen LogP contribution in [-0.4, -0.2) is 37.6 Å². The fourth-order valence-electron chi connectivity index (χ4n) is 3.57. The molecule has 1 N–H and O–H groups in total. The lowest BCUT2D eigenvalue weighted by Crippen LogP contribution is -2.36. The van der Waals surface area contributed by atoms with Crippen LogP contribution in [-0.2, 0) is 11.2 Å². The Labute approximate surface area is 156 Å². The van der Waals surface area contributed by atoms with Crippen molar-refractivity contribution in [2.45, 2.75) is 31.7 Å². The van der Waals surface area contributed by atoms with Crippen molar-refractivity contribution in [1.82, 2.24) is 10.2 Å². The van der Waals surface area contributed by atoms with E-state index in [4.69, 9.17) is 4.74 Å². The summed E-state index contributed by atoms with van der Waals surface area (Å²) in [4.78, 5) is 14.8. The summed E-state index contributed by atoms with van der Waals surface area (Å²) >= 11 is 0. The van der Waals surface area contributed by atoms with Gasteiger partial charge in [0.25, 0.3) is 0 Å². The van der Waals surface area contributed by atoms with Gasteiger partial charge in [-0.3, -0.25) is 9.69 Å². The van der Waals surface area contributed by atoms with Crippen LogP contribution in [0.15, 0.2) is 54.6 Å². The van der Waals surface area contributed by atoms with Crippen molar-refractivity contribution in [3.63, 3.8) is 0 Å². The van der Waals surface area contributed by atoms with Gasteiger partial charge in [0.15, 0.2) is 0 Å². The van der Waals surface area contributed by atoms with Gasteiger partial charge in [-0.05, 0) is 55.6 Å². The third-order valence-electron chi connectivity index (χ3n) is 5.03. The molecule has 2 aromatic carbocycles. The van der Waals surface area contributed by atoms with Crippen molar-refractivity contribution in [1.29, 1.82) is 0 Å². The number of hydrogen-bond donors (Lipinski definition) is 1. The number of benzene rings is 2. The average Bonchev–Trinajstić information content (AvgIpc) is 3.22. The van der Waals surface area contributed by atoms with Gasteiger partial charge in [0.1, 0.15) is 5.75 Å². The number of carbonyl (C=O) groups excluding carboxylic acids is 1. The SMILES string of the molecule is COc1cccc(CCC(=O)NCC(c2ccccc2)N2CCCC2)c1. The van der Waals surface area contributed by atoms with E-state index < -0.39 is 0 Å². The number of ether oxygens (including phenoxy) is 1. The Morgan fingerprint density at radius 2 is 1.88 bits per heavy atom. The van der Waals surface area contributed by atoms with Gasteiger partial charge in [-0.2, -0.15) is 0 Å². The van der Waals surface area contributed by atoms with Gasteiger partial charge >= 0.3 is 0 Å². The quantitative estimate of drug-likeness (QED) is 0.789. The Hall–Kier alpha value is -2.33. The van der Waals surface area contributed by atoms with Crippen LogP contribution in [0.1, 0.15) is 36.4 Å². The predicted molar refractivity (Wildman–Crippen MR) is 104 cm³/mol. The first-order valence-electron chi connectivity index (χ1n) is 9.45. The zero-order valence-corrected chi connectivity index (χ0v) is 15.5. The molecule has 0 bridgehead atoms. The van der Waals surface area contributed by atoms with Crippen LogP contribution in [0.2, 0.25) is 0 Å². The van der Waals surface area contributed by atoms with E-state index in [-0.39, 0.29) is 11.9 Å². The molecule has 1 unspecified atom stereocenters. The molecule has 0 aromatic heterocycles. The molecule has 2 aromatic rings. The summed E-state index contributed by atoms with van der Waals surface area (Å²) in [5.74, 6) is 0.939. The molecule has 1 heterocycles. The fraction of sp³-hybridized carbons (Fsp3) is 0.409. The molecule has 1 saturated heterocycles. The zero-order chi connectivity index (χ0) is 18.2. The predicted octanol–water partition coefficient (Wildman–Crippen LogP) is 3.58. The number of aryl methyl sites for hydroxylation is 1. The van der Waals surface area contributed by atoms with Gasteiger partial charge in [0, 0.05) is 13.0 Å². The first-order chi connectivity index (χ1) is 12.8. The second-order valence-corrected chi connectivity index (χ2v) is 6.83. The minimum absolute atomic E-state index is 0.105. The Morgan fingerprint density at radius 1 is 1.12 bits per heavy atom. The normalized spacial score (nSPS) is 15.6. The highest BCUT2D eigenvalue weighted by Gasteiger charge is 2.23. The molecule has 1 fully saturated rings. The molecule has 0 radical (unpaired) electrons. The Balaban J connectivity index is 1.53. The van der Waals surface area contributed by atoms with Gasteiger partial charge in [-0.15, -0.1) is 0 Å². The van der Waals surface area contributed by atoms with E-state index in [0.29, 0.717) is 13.0 Å². The Morgan fingerprint density at radius 3 is 2.62 bits per heavy atom. The van der Waals surface area contributed by atoms with E-state index in [1.54, 1.807) is 7.11 Å². The third kappa shape index (κ3) is 5.09. The summed E-state index contributed by atoms with van der Waals surface area (Å²) in [6.45, 7) is 2.89. The molecule has 3 rings (SSSR count). The molecular formula is C22H28N2O2. The highest BCUT2D eigenvalue weighted by atomic mass is 16.5. The van der Waals surface area contributed by atoms with E-state index >= 15 is 0 Å². The second kappa shape index (κ2) is 9.39. The van der Waals surface area contributed by atoms with Crippen molar-refractivity contribution in [2.24, 2.45) is 0 Å². The van der Waals surface area contributed by atoms with Gasteiger partial charge in [-0.1, -0.05) is 42.5 Å². The molecule has 4 heteroatoms. The largest absolute Gasteiger partial charge is 0.497 e. The number of amides is 1. The maximum absolute atomic E-state index is 12.4. The molecule has 1 aliphatic rings. The first-order valence-corrected chi connectivity index (χ1v) is 9.45. The standard InChI is InChI=1S/C22H28N2O2/c1-26-20-11-7-8-18(16-20)12-13-22(25)23-17-21(24-14-5-6-15-24)19-9-3-2-4-10-19/h2-4,7-11,16,21H,5-6,12-15,17H2,1H3,(H,23,25). The Kier molecular flexibility index (Phi) is 6.67. The summed E-state index contributed by atoms with van der Waals surface area (Å²) in [5.41, 5.74) is 2.40. The van der Waals surface area contributed by atoms with Crippen molar-refractivity contribution in [2.75, 3.05) is 26.7 Å². The first kappa shape index (κ1) is 18.5. The Bertz CT molecular complexity index is 696. The molecule has 138 valence electrons. The molecule has 1 amide bonds. The molecule has 1 atom stereocenters. The number of nitrogens with zero attached hydrogens (tertiary/aromatic N) is 1. The summed E-state index contributed by atoms with van der Waals surface area (Å²) < 4.78 is 5.24. The topological polar surface area (TPSA) is 41.6 Å². The number of hydrogen-bond acceptors (Lipinski definition) is 3. The van der Waals surface area contributed by atoms with Gasteiger partial charge in [0.2, 0.25) is 5.91 Å². The monoisotopic (exact) mass is 352 g/mol. The molecule has 26 heavy (non-hydrogen) atoms. The van der Waals surface area contributed by atoms with Crippen LogP contribution < -0.4 is 10.1 Å². The number of methoxy groups -OCH3 is 1. The van der Waals surface area contributed by atoms with E-state index in [9.17, 15) is 4.79 Å². The molecule has 1 aliphatic heterocycles. The highest BCUT2D eigenvalue weighted by molar-refractivity contribution is 5.76. The second-order valence-electron chi connectivity index (χ2n) is 6.83. The summed E-state index contributed by atoms with van der Waals surface area (Å²) in [5, 5.41) is 3.15. The maximum atomic E-state index is 12.4. The van der Waals surface area contributed by atoms with Gasteiger partial charge in [0.05, 0.1) is 13.2 Å². The lowest BCUT2D eigenvalue weighted by molar-refractivity contribution is -0.121. The minimum atomic E-state index is 0.105. The lowest BCUT2D eigenvalue weighted by atomic mass is 10.1. The van der Waals surface area contributed by atoms with Crippen LogP contribution in [0, 0.1) is 0 Å². The summed E-state index contributed by atoms with van der Waals surface area (Å²) in [6.07, 6.45) is 3.71. The van der Waals surface area contributed by atoms with E-state index in [0.717, 1.165) is 30.8 Å². The van der Waals surface area contributed by atoms with Crippen LogP contribution >= 0.6 is 0 Å². The molecule has 0 aliphatic carbocycles. The summed E-state index contributed by atoms with van der Waals surface area (Å²) in [6, 6.07) is 18.7.